The number of nitrogens with one attached hydrogen (secondary N) is 1. The van der Waals surface area contributed by atoms with Gasteiger partial charge in [0, 0.05) is 66.5 Å². The van der Waals surface area contributed by atoms with Crippen molar-refractivity contribution < 1.29 is 9.13 Å². The standard InChI is InChI=1S/C24H27FN8O/c1-13-9-32(10-14(2)28-13)20-6-5-17(21-18(20)8-27-24(31-21)34-4)22(26)30-16-7-19(25)23-29-15(3)11-33(23)12-16/h5-8,11-14,28H,9-10H2,1-4H3,(H2,26,30)/t13-,14+. The Morgan fingerprint density at radius 1 is 1.21 bits per heavy atom. The topological polar surface area (TPSA) is 106 Å². The molecular formula is C24H27FN8O. The molecule has 1 aliphatic heterocycles. The summed E-state index contributed by atoms with van der Waals surface area (Å²) in [5.74, 6) is -0.247. The molecular weight excluding hydrogens is 435 g/mol. The van der Waals surface area contributed by atoms with Crippen molar-refractivity contribution >= 4 is 33.8 Å². The number of pyridine rings is 1. The number of rotatable bonds is 4. The molecule has 10 heteroatoms. The molecule has 0 radical (unpaired) electrons. The Hall–Kier alpha value is -3.79. The maximum Gasteiger partial charge on any atom is 0.316 e. The molecule has 3 aromatic heterocycles. The third-order valence-electron chi connectivity index (χ3n) is 5.92. The molecule has 0 spiro atoms. The number of hydrogen-bond donors (Lipinski definition) is 2. The zero-order valence-electron chi connectivity index (χ0n) is 19.6. The molecule has 0 saturated carbocycles. The first-order valence-electron chi connectivity index (χ1n) is 11.2. The number of aromatic nitrogens is 4. The summed E-state index contributed by atoms with van der Waals surface area (Å²) in [7, 11) is 1.52. The van der Waals surface area contributed by atoms with Crippen molar-refractivity contribution in [3.63, 3.8) is 0 Å². The van der Waals surface area contributed by atoms with Crippen LogP contribution in [-0.4, -0.2) is 57.5 Å². The Kier molecular flexibility index (Phi) is 5.52. The van der Waals surface area contributed by atoms with E-state index in [1.165, 1.54) is 13.2 Å². The Morgan fingerprint density at radius 3 is 2.71 bits per heavy atom. The lowest BCUT2D eigenvalue weighted by molar-refractivity contribution is 0.381. The molecule has 0 amide bonds. The molecule has 3 N–H and O–H groups in total. The summed E-state index contributed by atoms with van der Waals surface area (Å²) in [6, 6.07) is 6.17. The number of ether oxygens (including phenoxy) is 1. The first kappa shape index (κ1) is 22.0. The lowest BCUT2D eigenvalue weighted by atomic mass is 10.0. The van der Waals surface area contributed by atoms with Crippen molar-refractivity contribution in [2.24, 2.45) is 10.7 Å². The molecule has 0 aliphatic carbocycles. The van der Waals surface area contributed by atoms with Gasteiger partial charge in [0.05, 0.1) is 24.0 Å². The zero-order valence-corrected chi connectivity index (χ0v) is 19.6. The van der Waals surface area contributed by atoms with Gasteiger partial charge in [-0.15, -0.1) is 0 Å². The highest BCUT2D eigenvalue weighted by molar-refractivity contribution is 6.11. The predicted molar refractivity (Wildman–Crippen MR) is 131 cm³/mol. The van der Waals surface area contributed by atoms with Crippen LogP contribution in [0.15, 0.2) is 41.8 Å². The number of fused-ring (bicyclic) bond motifs is 2. The largest absolute Gasteiger partial charge is 0.467 e. The number of nitrogens with two attached hydrogens (primary N) is 1. The number of methoxy groups -OCH3 is 1. The average Bonchev–Trinajstić information content (AvgIpc) is 3.18. The van der Waals surface area contributed by atoms with Crippen molar-refractivity contribution in [2.75, 3.05) is 25.1 Å². The molecule has 4 aromatic rings. The molecule has 1 fully saturated rings. The molecule has 34 heavy (non-hydrogen) atoms. The van der Waals surface area contributed by atoms with Gasteiger partial charge in [0.1, 0.15) is 5.84 Å². The minimum atomic E-state index is -0.465. The summed E-state index contributed by atoms with van der Waals surface area (Å²) >= 11 is 0. The number of anilines is 1. The second-order valence-corrected chi connectivity index (χ2v) is 8.78. The molecule has 0 unspecified atom stereocenters. The van der Waals surface area contributed by atoms with E-state index in [0.29, 0.717) is 28.9 Å². The van der Waals surface area contributed by atoms with Crippen molar-refractivity contribution in [3.05, 3.63) is 53.9 Å². The lowest BCUT2D eigenvalue weighted by Gasteiger charge is -2.38. The number of imidazole rings is 1. The van der Waals surface area contributed by atoms with E-state index in [4.69, 9.17) is 10.5 Å². The smallest absolute Gasteiger partial charge is 0.316 e. The average molecular weight is 463 g/mol. The third-order valence-corrected chi connectivity index (χ3v) is 5.92. The van der Waals surface area contributed by atoms with Crippen molar-refractivity contribution in [3.8, 4) is 6.01 Å². The Morgan fingerprint density at radius 2 is 1.97 bits per heavy atom. The van der Waals surface area contributed by atoms with E-state index in [2.05, 4.69) is 44.0 Å². The van der Waals surface area contributed by atoms with E-state index >= 15 is 0 Å². The Balaban J connectivity index is 1.62. The number of aryl methyl sites for hydroxylation is 1. The number of halogens is 1. The van der Waals surface area contributed by atoms with E-state index in [-0.39, 0.29) is 17.5 Å². The van der Waals surface area contributed by atoms with Crippen LogP contribution in [0.3, 0.4) is 0 Å². The fraction of sp³-hybridized carbons (Fsp3) is 0.333. The number of aliphatic imine (C=N–C) groups is 1. The summed E-state index contributed by atoms with van der Waals surface area (Å²) in [5.41, 5.74) is 10.1. The van der Waals surface area contributed by atoms with Gasteiger partial charge in [-0.05, 0) is 32.9 Å². The fourth-order valence-corrected chi connectivity index (χ4v) is 4.62. The van der Waals surface area contributed by atoms with Crippen LogP contribution in [0.5, 0.6) is 6.01 Å². The minimum absolute atomic E-state index is 0.218. The number of amidine groups is 1. The van der Waals surface area contributed by atoms with E-state index in [0.717, 1.165) is 29.9 Å². The summed E-state index contributed by atoms with van der Waals surface area (Å²) in [4.78, 5) is 19.9. The highest BCUT2D eigenvalue weighted by Crippen LogP contribution is 2.31. The van der Waals surface area contributed by atoms with Gasteiger partial charge in [-0.2, -0.15) is 4.98 Å². The van der Waals surface area contributed by atoms with Crippen LogP contribution in [0.4, 0.5) is 15.8 Å². The van der Waals surface area contributed by atoms with Gasteiger partial charge in [-0.25, -0.2) is 19.4 Å². The van der Waals surface area contributed by atoms with Crippen molar-refractivity contribution in [2.45, 2.75) is 32.9 Å². The molecule has 1 aromatic carbocycles. The molecule has 1 saturated heterocycles. The van der Waals surface area contributed by atoms with Gasteiger partial charge < -0.3 is 25.1 Å². The number of benzene rings is 1. The maximum absolute atomic E-state index is 14.5. The van der Waals surface area contributed by atoms with Gasteiger partial charge in [0.15, 0.2) is 11.5 Å². The van der Waals surface area contributed by atoms with E-state index < -0.39 is 5.82 Å². The van der Waals surface area contributed by atoms with E-state index in [1.807, 2.05) is 19.1 Å². The number of hydrogen-bond acceptors (Lipinski definition) is 7. The quantitative estimate of drug-likeness (QED) is 0.355. The molecule has 1 aliphatic rings. The zero-order chi connectivity index (χ0) is 24.0. The van der Waals surface area contributed by atoms with Crippen LogP contribution >= 0.6 is 0 Å². The monoisotopic (exact) mass is 462 g/mol. The Labute approximate surface area is 196 Å². The first-order valence-corrected chi connectivity index (χ1v) is 11.2. The summed E-state index contributed by atoms with van der Waals surface area (Å²) < 4.78 is 21.4. The van der Waals surface area contributed by atoms with Crippen LogP contribution in [0.2, 0.25) is 0 Å². The summed E-state index contributed by atoms with van der Waals surface area (Å²) in [5, 5.41) is 4.40. The highest BCUT2D eigenvalue weighted by Gasteiger charge is 2.24. The van der Waals surface area contributed by atoms with E-state index in [1.54, 1.807) is 23.0 Å². The van der Waals surface area contributed by atoms with Crippen LogP contribution < -0.4 is 20.7 Å². The second-order valence-electron chi connectivity index (χ2n) is 8.78. The first-order chi connectivity index (χ1) is 16.3. The van der Waals surface area contributed by atoms with Crippen molar-refractivity contribution in [1.29, 1.82) is 0 Å². The summed E-state index contributed by atoms with van der Waals surface area (Å²) in [6.07, 6.45) is 5.19. The summed E-state index contributed by atoms with van der Waals surface area (Å²) in [6.45, 7) is 7.86. The lowest BCUT2D eigenvalue weighted by Crippen LogP contribution is -2.54. The van der Waals surface area contributed by atoms with Gasteiger partial charge in [-0.3, -0.25) is 0 Å². The van der Waals surface area contributed by atoms with Gasteiger partial charge >= 0.3 is 6.01 Å². The van der Waals surface area contributed by atoms with Gasteiger partial charge in [0.25, 0.3) is 0 Å². The number of nitrogens with zero attached hydrogens (tertiary/aromatic N) is 6. The highest BCUT2D eigenvalue weighted by atomic mass is 19.1. The molecule has 4 heterocycles. The van der Waals surface area contributed by atoms with Gasteiger partial charge in [-0.1, -0.05) is 0 Å². The molecule has 176 valence electrons. The predicted octanol–water partition coefficient (Wildman–Crippen LogP) is 2.96. The second kappa shape index (κ2) is 8.53. The molecule has 0 bridgehead atoms. The normalized spacial score (nSPS) is 19.2. The molecule has 2 atom stereocenters. The Bertz CT molecular complexity index is 1410. The van der Waals surface area contributed by atoms with Crippen LogP contribution in [0, 0.1) is 12.7 Å². The third kappa shape index (κ3) is 4.01. The molecule has 9 nitrogen and oxygen atoms in total. The SMILES string of the molecule is COc1ncc2c(N3C[C@@H](C)N[C@@H](C)C3)ccc(C(N)=Nc3cc(F)c4nc(C)cn4c3)c2n1. The van der Waals surface area contributed by atoms with Crippen LogP contribution in [0.25, 0.3) is 16.6 Å². The van der Waals surface area contributed by atoms with Gasteiger partial charge in [0.2, 0.25) is 0 Å². The fourth-order valence-electron chi connectivity index (χ4n) is 4.62. The minimum Gasteiger partial charge on any atom is -0.467 e. The number of piperazine rings is 1. The van der Waals surface area contributed by atoms with Crippen molar-refractivity contribution in [1.82, 2.24) is 24.7 Å². The molecule has 5 rings (SSSR count). The van der Waals surface area contributed by atoms with E-state index in [9.17, 15) is 4.39 Å². The van der Waals surface area contributed by atoms with Crippen LogP contribution in [0.1, 0.15) is 25.1 Å². The van der Waals surface area contributed by atoms with Crippen LogP contribution in [-0.2, 0) is 0 Å². The maximum atomic E-state index is 14.5.